The minimum absolute atomic E-state index is 0.0192. The molecule has 0 fully saturated rings. The van der Waals surface area contributed by atoms with E-state index in [-0.39, 0.29) is 15.5 Å². The summed E-state index contributed by atoms with van der Waals surface area (Å²) in [4.78, 5) is 11.6. The zero-order valence-electron chi connectivity index (χ0n) is 11.9. The monoisotopic (exact) mass is 334 g/mol. The van der Waals surface area contributed by atoms with Crippen LogP contribution in [0.25, 0.3) is 0 Å². The lowest BCUT2D eigenvalue weighted by Gasteiger charge is -2.09. The van der Waals surface area contributed by atoms with Gasteiger partial charge in [-0.15, -0.1) is 0 Å². The van der Waals surface area contributed by atoms with Crippen LogP contribution in [-0.4, -0.2) is 34.1 Å². The van der Waals surface area contributed by atoms with Crippen LogP contribution in [0.2, 0.25) is 5.02 Å². The largest absolute Gasteiger partial charge is 0.379 e. The van der Waals surface area contributed by atoms with Gasteiger partial charge in [0.25, 0.3) is 5.91 Å². The van der Waals surface area contributed by atoms with Crippen molar-refractivity contribution in [1.29, 1.82) is 0 Å². The summed E-state index contributed by atoms with van der Waals surface area (Å²) in [5.41, 5.74) is 0.173. The number of rotatable bonds is 7. The molecule has 0 radical (unpaired) electrons. The van der Waals surface area contributed by atoms with Crippen molar-refractivity contribution in [3.63, 3.8) is 0 Å². The summed E-state index contributed by atoms with van der Waals surface area (Å²) in [7, 11) is -3.96. The molecule has 8 heteroatoms. The molecule has 118 valence electrons. The summed E-state index contributed by atoms with van der Waals surface area (Å²) in [5.74, 6) is 0.0130. The fraction of sp³-hybridized carbons (Fsp3) is 0.462. The van der Waals surface area contributed by atoms with Gasteiger partial charge in [0, 0.05) is 18.7 Å². The Morgan fingerprint density at radius 1 is 1.43 bits per heavy atom. The lowest BCUT2D eigenvalue weighted by atomic mass is 10.2. The van der Waals surface area contributed by atoms with Crippen LogP contribution in [0.1, 0.15) is 24.2 Å². The van der Waals surface area contributed by atoms with Crippen LogP contribution in [0.3, 0.4) is 0 Å². The SMILES string of the molecule is CC(C)COCCNC(=O)c1ccc(Cl)c(S(N)(=O)=O)c1. The van der Waals surface area contributed by atoms with Crippen LogP contribution in [0.15, 0.2) is 23.1 Å². The number of ether oxygens (including phenoxy) is 1. The first-order chi connectivity index (χ1) is 9.71. The predicted molar refractivity (Wildman–Crippen MR) is 80.8 cm³/mol. The van der Waals surface area contributed by atoms with Crippen LogP contribution in [0.5, 0.6) is 0 Å². The van der Waals surface area contributed by atoms with E-state index in [2.05, 4.69) is 5.32 Å². The van der Waals surface area contributed by atoms with Gasteiger partial charge in [-0.1, -0.05) is 25.4 Å². The molecule has 0 aromatic heterocycles. The standard InChI is InChI=1S/C13H19ClN2O4S/c1-9(2)8-20-6-5-16-13(17)10-3-4-11(14)12(7-10)21(15,18)19/h3-4,7,9H,5-6,8H2,1-2H3,(H,16,17)(H2,15,18,19). The number of carbonyl (C=O) groups excluding carboxylic acids is 1. The average Bonchev–Trinajstić information content (AvgIpc) is 2.36. The third-order valence-corrected chi connectivity index (χ3v) is 3.88. The van der Waals surface area contributed by atoms with Crippen molar-refractivity contribution in [2.24, 2.45) is 11.1 Å². The number of carbonyl (C=O) groups is 1. The van der Waals surface area contributed by atoms with Gasteiger partial charge in [0.1, 0.15) is 4.90 Å². The molecule has 1 aromatic carbocycles. The van der Waals surface area contributed by atoms with Crippen LogP contribution in [0.4, 0.5) is 0 Å². The summed E-state index contributed by atoms with van der Waals surface area (Å²) in [6.07, 6.45) is 0. The molecule has 3 N–H and O–H groups in total. The highest BCUT2D eigenvalue weighted by atomic mass is 35.5. The highest BCUT2D eigenvalue weighted by Crippen LogP contribution is 2.21. The molecule has 21 heavy (non-hydrogen) atoms. The average molecular weight is 335 g/mol. The number of primary sulfonamides is 1. The second kappa shape index (κ2) is 7.74. The molecule has 0 aliphatic carbocycles. The fourth-order valence-corrected chi connectivity index (χ4v) is 2.59. The van der Waals surface area contributed by atoms with E-state index in [1.165, 1.54) is 12.1 Å². The predicted octanol–water partition coefficient (Wildman–Crippen LogP) is 1.39. The second-order valence-electron chi connectivity index (χ2n) is 4.91. The van der Waals surface area contributed by atoms with E-state index in [9.17, 15) is 13.2 Å². The van der Waals surface area contributed by atoms with E-state index in [1.807, 2.05) is 13.8 Å². The quantitative estimate of drug-likeness (QED) is 0.736. The van der Waals surface area contributed by atoms with Crippen molar-refractivity contribution in [2.75, 3.05) is 19.8 Å². The number of hydrogen-bond acceptors (Lipinski definition) is 4. The minimum Gasteiger partial charge on any atom is -0.379 e. The molecule has 0 atom stereocenters. The highest BCUT2D eigenvalue weighted by Gasteiger charge is 2.16. The van der Waals surface area contributed by atoms with Gasteiger partial charge >= 0.3 is 0 Å². The molecule has 1 aromatic rings. The highest BCUT2D eigenvalue weighted by molar-refractivity contribution is 7.89. The number of nitrogens with two attached hydrogens (primary N) is 1. The van der Waals surface area contributed by atoms with Gasteiger partial charge in [0.15, 0.2) is 0 Å². The Labute approximate surface area is 129 Å². The zero-order valence-corrected chi connectivity index (χ0v) is 13.5. The van der Waals surface area contributed by atoms with Gasteiger partial charge in [-0.05, 0) is 24.1 Å². The van der Waals surface area contributed by atoms with Crippen molar-refractivity contribution in [3.8, 4) is 0 Å². The number of sulfonamides is 1. The van der Waals surface area contributed by atoms with Crippen molar-refractivity contribution in [1.82, 2.24) is 5.32 Å². The third kappa shape index (κ3) is 6.01. The van der Waals surface area contributed by atoms with Crippen molar-refractivity contribution in [2.45, 2.75) is 18.7 Å². The molecule has 0 aliphatic heterocycles. The number of hydrogen-bond donors (Lipinski definition) is 2. The van der Waals surface area contributed by atoms with Gasteiger partial charge in [0.05, 0.1) is 11.6 Å². The summed E-state index contributed by atoms with van der Waals surface area (Å²) in [6, 6.07) is 3.91. The first-order valence-corrected chi connectivity index (χ1v) is 8.32. The Hall–Kier alpha value is -1.15. The lowest BCUT2D eigenvalue weighted by Crippen LogP contribution is -2.28. The van der Waals surface area contributed by atoms with E-state index in [1.54, 1.807) is 0 Å². The number of benzene rings is 1. The first kappa shape index (κ1) is 17.9. The smallest absolute Gasteiger partial charge is 0.251 e. The molecule has 0 spiro atoms. The normalized spacial score (nSPS) is 11.7. The molecule has 0 unspecified atom stereocenters. The van der Waals surface area contributed by atoms with Gasteiger partial charge in [-0.2, -0.15) is 0 Å². The van der Waals surface area contributed by atoms with Crippen molar-refractivity contribution in [3.05, 3.63) is 28.8 Å². The molecule has 0 saturated carbocycles. The molecule has 1 rings (SSSR count). The van der Waals surface area contributed by atoms with E-state index >= 15 is 0 Å². The Bertz CT molecular complexity index is 602. The minimum atomic E-state index is -3.96. The van der Waals surface area contributed by atoms with Crippen molar-refractivity contribution >= 4 is 27.5 Å². The molecule has 1 amide bonds. The molecule has 0 bridgehead atoms. The molecule has 0 saturated heterocycles. The number of amides is 1. The maximum absolute atomic E-state index is 11.9. The van der Waals surface area contributed by atoms with Gasteiger partial charge in [-0.25, -0.2) is 13.6 Å². The Morgan fingerprint density at radius 3 is 2.67 bits per heavy atom. The first-order valence-electron chi connectivity index (χ1n) is 6.40. The van der Waals surface area contributed by atoms with Gasteiger partial charge in [0.2, 0.25) is 10.0 Å². The summed E-state index contributed by atoms with van der Waals surface area (Å²) in [6.45, 7) is 5.40. The Kier molecular flexibility index (Phi) is 6.60. The number of halogens is 1. The van der Waals surface area contributed by atoms with E-state index in [0.717, 1.165) is 6.07 Å². The molecular weight excluding hydrogens is 316 g/mol. The fourth-order valence-electron chi connectivity index (χ4n) is 1.52. The Morgan fingerprint density at radius 2 is 2.10 bits per heavy atom. The van der Waals surface area contributed by atoms with Gasteiger partial charge in [-0.3, -0.25) is 4.79 Å². The number of nitrogens with one attached hydrogen (secondary N) is 1. The van der Waals surface area contributed by atoms with E-state index < -0.39 is 15.9 Å². The second-order valence-corrected chi connectivity index (χ2v) is 6.85. The third-order valence-electron chi connectivity index (χ3n) is 2.48. The van der Waals surface area contributed by atoms with Crippen LogP contribution < -0.4 is 10.5 Å². The summed E-state index contributed by atoms with van der Waals surface area (Å²) < 4.78 is 28.0. The van der Waals surface area contributed by atoms with Crippen molar-refractivity contribution < 1.29 is 17.9 Å². The topological polar surface area (TPSA) is 98.5 Å². The summed E-state index contributed by atoms with van der Waals surface area (Å²) in [5, 5.41) is 7.64. The zero-order chi connectivity index (χ0) is 16.0. The van der Waals surface area contributed by atoms with Crippen LogP contribution in [0, 0.1) is 5.92 Å². The van der Waals surface area contributed by atoms with Gasteiger partial charge < -0.3 is 10.1 Å². The van der Waals surface area contributed by atoms with Crippen LogP contribution >= 0.6 is 11.6 Å². The van der Waals surface area contributed by atoms with E-state index in [4.69, 9.17) is 21.5 Å². The molecule has 6 nitrogen and oxygen atoms in total. The van der Waals surface area contributed by atoms with E-state index in [0.29, 0.717) is 25.7 Å². The lowest BCUT2D eigenvalue weighted by molar-refractivity contribution is 0.0886. The molecule has 0 heterocycles. The molecule has 0 aliphatic rings. The maximum Gasteiger partial charge on any atom is 0.251 e. The summed E-state index contributed by atoms with van der Waals surface area (Å²) >= 11 is 5.75. The molecular formula is C13H19ClN2O4S. The van der Waals surface area contributed by atoms with Crippen LogP contribution in [-0.2, 0) is 14.8 Å². The maximum atomic E-state index is 11.9. The Balaban J connectivity index is 2.63.